The Labute approximate surface area is 250 Å². The highest BCUT2D eigenvalue weighted by molar-refractivity contribution is 7.92. The second-order valence-electron chi connectivity index (χ2n) is 9.60. The number of carbonyl (C=O) groups is 2. The number of ether oxygens (including phenoxy) is 2. The van der Waals surface area contributed by atoms with Gasteiger partial charge in [0, 0.05) is 56.3 Å². The van der Waals surface area contributed by atoms with E-state index in [4.69, 9.17) is 9.47 Å². The number of carbonyl (C=O) groups excluding carboxylic acids is 2. The molecule has 0 atom stereocenters. The van der Waals surface area contributed by atoms with E-state index in [1.165, 1.54) is 31.4 Å². The van der Waals surface area contributed by atoms with Crippen LogP contribution in [0.3, 0.4) is 0 Å². The van der Waals surface area contributed by atoms with Gasteiger partial charge in [0.25, 0.3) is 21.8 Å². The van der Waals surface area contributed by atoms with Gasteiger partial charge in [-0.3, -0.25) is 14.3 Å². The number of aromatic nitrogens is 1. The number of anilines is 2. The van der Waals surface area contributed by atoms with E-state index in [0.717, 1.165) is 0 Å². The summed E-state index contributed by atoms with van der Waals surface area (Å²) in [5, 5.41) is 5.98. The quantitative estimate of drug-likeness (QED) is 0.206. The molecule has 0 fully saturated rings. The molecule has 4 aromatic rings. The molecule has 0 bridgehead atoms. The third-order valence-corrected chi connectivity index (χ3v) is 7.77. The number of amides is 2. The lowest BCUT2D eigenvalue weighted by molar-refractivity contribution is 0.0827. The van der Waals surface area contributed by atoms with E-state index in [-0.39, 0.29) is 22.5 Å². The van der Waals surface area contributed by atoms with Gasteiger partial charge < -0.3 is 25.0 Å². The van der Waals surface area contributed by atoms with E-state index in [1.54, 1.807) is 80.8 Å². The smallest absolute Gasteiger partial charge is 0.265 e. The summed E-state index contributed by atoms with van der Waals surface area (Å²) in [5.74, 6) is 0.0973. The van der Waals surface area contributed by atoms with Crippen LogP contribution in [0.5, 0.6) is 11.6 Å². The van der Waals surface area contributed by atoms with Crippen LogP contribution in [0.25, 0.3) is 11.1 Å². The lowest BCUT2D eigenvalue weighted by atomic mass is 10.0. The van der Waals surface area contributed by atoms with Crippen molar-refractivity contribution in [3.8, 4) is 22.8 Å². The Morgan fingerprint density at radius 2 is 1.56 bits per heavy atom. The molecule has 1 heterocycles. The molecule has 0 unspecified atom stereocenters. The second kappa shape index (κ2) is 13.7. The van der Waals surface area contributed by atoms with Crippen molar-refractivity contribution in [2.24, 2.45) is 0 Å². The first-order chi connectivity index (χ1) is 20.6. The van der Waals surface area contributed by atoms with Crippen molar-refractivity contribution in [1.82, 2.24) is 15.2 Å². The first-order valence-corrected chi connectivity index (χ1v) is 14.7. The maximum absolute atomic E-state index is 13.5. The zero-order chi connectivity index (χ0) is 31.0. The molecule has 0 radical (unpaired) electrons. The summed E-state index contributed by atoms with van der Waals surface area (Å²) in [6.45, 7) is 0.722. The van der Waals surface area contributed by atoms with Crippen LogP contribution in [-0.4, -0.2) is 71.5 Å². The molecule has 1 aromatic heterocycles. The summed E-state index contributed by atoms with van der Waals surface area (Å²) in [6.07, 6.45) is 1.50. The molecule has 0 saturated carbocycles. The Balaban J connectivity index is 1.45. The van der Waals surface area contributed by atoms with Crippen LogP contribution in [0.2, 0.25) is 0 Å². The molecular formula is C31H33N5O6S. The van der Waals surface area contributed by atoms with Crippen molar-refractivity contribution in [1.29, 1.82) is 0 Å². The number of rotatable bonds is 12. The van der Waals surface area contributed by atoms with E-state index >= 15 is 0 Å². The van der Waals surface area contributed by atoms with Crippen LogP contribution in [-0.2, 0) is 10.0 Å². The van der Waals surface area contributed by atoms with E-state index in [9.17, 15) is 18.0 Å². The van der Waals surface area contributed by atoms with Gasteiger partial charge in [-0.1, -0.05) is 24.3 Å². The fourth-order valence-electron chi connectivity index (χ4n) is 4.21. The van der Waals surface area contributed by atoms with Crippen molar-refractivity contribution in [2.75, 3.05) is 51.4 Å². The van der Waals surface area contributed by atoms with Crippen molar-refractivity contribution < 1.29 is 27.5 Å². The van der Waals surface area contributed by atoms with Gasteiger partial charge in [-0.2, -0.15) is 0 Å². The zero-order valence-corrected chi connectivity index (χ0v) is 25.1. The van der Waals surface area contributed by atoms with Gasteiger partial charge in [-0.25, -0.2) is 13.4 Å². The minimum Gasteiger partial charge on any atom is -0.495 e. The lowest BCUT2D eigenvalue weighted by Gasteiger charge is -2.15. The molecular weight excluding hydrogens is 570 g/mol. The fourth-order valence-corrected chi connectivity index (χ4v) is 5.45. The van der Waals surface area contributed by atoms with Gasteiger partial charge in [-0.15, -0.1) is 0 Å². The number of sulfonamides is 1. The van der Waals surface area contributed by atoms with E-state index in [1.807, 2.05) is 6.07 Å². The topological polar surface area (TPSA) is 139 Å². The Bertz CT molecular complexity index is 1730. The first-order valence-electron chi connectivity index (χ1n) is 13.3. The zero-order valence-electron chi connectivity index (χ0n) is 24.2. The monoisotopic (exact) mass is 603 g/mol. The maximum atomic E-state index is 13.5. The number of nitrogens with one attached hydrogen (secondary N) is 3. The van der Waals surface area contributed by atoms with Gasteiger partial charge in [-0.05, 0) is 59.7 Å². The molecule has 0 saturated heterocycles. The summed E-state index contributed by atoms with van der Waals surface area (Å²) >= 11 is 0. The normalized spacial score (nSPS) is 10.9. The highest BCUT2D eigenvalue weighted by atomic mass is 32.2. The molecule has 0 aliphatic heterocycles. The second-order valence-corrected chi connectivity index (χ2v) is 11.3. The summed E-state index contributed by atoms with van der Waals surface area (Å²) in [6, 6.07) is 21.8. The van der Waals surface area contributed by atoms with Gasteiger partial charge in [0.05, 0.1) is 19.9 Å². The molecule has 3 aromatic carbocycles. The number of nitrogens with zero attached hydrogens (tertiary/aromatic N) is 2. The minimum absolute atomic E-state index is 0.0503. The largest absolute Gasteiger partial charge is 0.495 e. The standard InChI is InChI=1S/C31H33N5O6S/c1-36(2)31(38)24-8-5-7-21(17-24)22-11-12-27(41-3)28(18-22)43(39,40)35-26-10-6-9-25(20-26)32-15-16-34-30(37)23-13-14-33-29(19-23)42-4/h5-14,17-20,32,35H,15-16H2,1-4H3,(H,34,37). The van der Waals surface area contributed by atoms with E-state index < -0.39 is 10.0 Å². The number of methoxy groups -OCH3 is 2. The lowest BCUT2D eigenvalue weighted by Crippen LogP contribution is -2.28. The highest BCUT2D eigenvalue weighted by Crippen LogP contribution is 2.32. The van der Waals surface area contributed by atoms with Crippen LogP contribution in [0.1, 0.15) is 20.7 Å². The Hall–Kier alpha value is -5.10. The van der Waals surface area contributed by atoms with Crippen LogP contribution < -0.4 is 24.8 Å². The molecule has 224 valence electrons. The van der Waals surface area contributed by atoms with Gasteiger partial charge in [0.1, 0.15) is 10.6 Å². The van der Waals surface area contributed by atoms with Gasteiger partial charge in [0.2, 0.25) is 5.88 Å². The SMILES string of the molecule is COc1cc(C(=O)NCCNc2cccc(NS(=O)(=O)c3cc(-c4cccc(C(=O)N(C)C)c4)ccc3OC)c2)ccn1. The first kappa shape index (κ1) is 30.8. The molecule has 0 aliphatic carbocycles. The molecule has 11 nitrogen and oxygen atoms in total. The third-order valence-electron chi connectivity index (χ3n) is 6.36. The van der Waals surface area contributed by atoms with E-state index in [2.05, 4.69) is 20.3 Å². The molecule has 4 rings (SSSR count). The van der Waals surface area contributed by atoms with Crippen LogP contribution in [0.4, 0.5) is 11.4 Å². The van der Waals surface area contributed by atoms with Crippen molar-refractivity contribution in [2.45, 2.75) is 4.90 Å². The summed E-state index contributed by atoms with van der Waals surface area (Å²) in [5.41, 5.74) is 3.21. The minimum atomic E-state index is -4.07. The van der Waals surface area contributed by atoms with Crippen LogP contribution in [0, 0.1) is 0 Å². The third kappa shape index (κ3) is 7.80. The predicted octanol–water partition coefficient (Wildman–Crippen LogP) is 4.11. The number of pyridine rings is 1. The highest BCUT2D eigenvalue weighted by Gasteiger charge is 2.21. The Morgan fingerprint density at radius 1 is 0.814 bits per heavy atom. The van der Waals surface area contributed by atoms with E-state index in [0.29, 0.717) is 52.6 Å². The van der Waals surface area contributed by atoms with Crippen LogP contribution in [0.15, 0.2) is 90.0 Å². The summed E-state index contributed by atoms with van der Waals surface area (Å²) < 4.78 is 40.1. The number of benzene rings is 3. The molecule has 2 amide bonds. The Morgan fingerprint density at radius 3 is 2.30 bits per heavy atom. The molecule has 3 N–H and O–H groups in total. The number of hydrogen-bond acceptors (Lipinski definition) is 8. The van der Waals surface area contributed by atoms with Crippen molar-refractivity contribution in [3.05, 3.63) is 96.2 Å². The average molecular weight is 604 g/mol. The summed E-state index contributed by atoms with van der Waals surface area (Å²) in [7, 11) is 2.15. The molecule has 0 spiro atoms. The predicted molar refractivity (Wildman–Crippen MR) is 165 cm³/mol. The molecule has 12 heteroatoms. The Kier molecular flexibility index (Phi) is 9.83. The fraction of sp³-hybridized carbons (Fsp3) is 0.194. The molecule has 43 heavy (non-hydrogen) atoms. The number of hydrogen-bond donors (Lipinski definition) is 3. The van der Waals surface area contributed by atoms with Crippen LogP contribution >= 0.6 is 0 Å². The average Bonchev–Trinajstić information content (AvgIpc) is 3.02. The van der Waals surface area contributed by atoms with Gasteiger partial charge in [0.15, 0.2) is 0 Å². The summed E-state index contributed by atoms with van der Waals surface area (Å²) in [4.78, 5) is 30.2. The van der Waals surface area contributed by atoms with Crippen molar-refractivity contribution >= 4 is 33.2 Å². The van der Waals surface area contributed by atoms with Gasteiger partial charge >= 0.3 is 0 Å². The maximum Gasteiger partial charge on any atom is 0.265 e. The molecule has 0 aliphatic rings. The van der Waals surface area contributed by atoms with Crippen molar-refractivity contribution in [3.63, 3.8) is 0 Å².